The topological polar surface area (TPSA) is 40.5 Å². The van der Waals surface area contributed by atoms with Crippen LogP contribution in [0.25, 0.3) is 0 Å². The van der Waals surface area contributed by atoms with Crippen molar-refractivity contribution in [2.45, 2.75) is 76.7 Å². The van der Waals surface area contributed by atoms with Crippen LogP contribution in [0.15, 0.2) is 0 Å². The average molecular weight is 270 g/mol. The van der Waals surface area contributed by atoms with Gasteiger partial charge in [-0.25, -0.2) is 0 Å². The Bertz CT molecular complexity index is 294. The minimum absolute atomic E-state index is 0.0562. The second-order valence-electron chi connectivity index (χ2n) is 6.62. The Balaban J connectivity index is 5.04. The van der Waals surface area contributed by atoms with E-state index in [4.69, 9.17) is 0 Å². The van der Waals surface area contributed by atoms with Crippen LogP contribution in [0.5, 0.6) is 0 Å². The van der Waals surface area contributed by atoms with Crippen molar-refractivity contribution in [1.29, 1.82) is 0 Å². The maximum atomic E-state index is 10.1. The minimum atomic E-state index is -1.76. The van der Waals surface area contributed by atoms with Crippen LogP contribution in [0.4, 0.5) is 0 Å². The number of aliphatic hydroxyl groups is 2. The van der Waals surface area contributed by atoms with E-state index in [2.05, 4.69) is 52.6 Å². The third kappa shape index (κ3) is 4.76. The molecule has 0 bridgehead atoms. The Labute approximate surface area is 114 Å². The molecule has 0 rings (SSSR count). The summed E-state index contributed by atoms with van der Waals surface area (Å²) in [5.74, 6) is 6.45. The Hall–Kier alpha value is -0.303. The second-order valence-corrected chi connectivity index (χ2v) is 12.2. The van der Waals surface area contributed by atoms with Gasteiger partial charge in [0.2, 0.25) is 0 Å². The molecule has 0 aliphatic carbocycles. The van der Waals surface area contributed by atoms with Gasteiger partial charge >= 0.3 is 0 Å². The van der Waals surface area contributed by atoms with Crippen molar-refractivity contribution in [3.8, 4) is 11.8 Å². The number of hydrogen-bond donors (Lipinski definition) is 2. The summed E-state index contributed by atoms with van der Waals surface area (Å²) in [6.45, 7) is 13.1. The molecule has 0 heterocycles. The zero-order chi connectivity index (χ0) is 14.4. The van der Waals surface area contributed by atoms with Gasteiger partial charge in [-0.1, -0.05) is 47.2 Å². The molecule has 0 aliphatic rings. The standard InChI is InChI=1S/C15H30O2Si/c1-7-8-9-10-11-14(13(17)12-16)18(5,6)15(2,3)4/h13-14,16-17H,7-9,12H2,1-6H3/t13-,14-/m0/s1. The quantitative estimate of drug-likeness (QED) is 0.456. The van der Waals surface area contributed by atoms with Crippen LogP contribution in [0.2, 0.25) is 23.7 Å². The maximum absolute atomic E-state index is 10.1. The van der Waals surface area contributed by atoms with Crippen molar-refractivity contribution >= 4 is 8.07 Å². The Kier molecular flexibility index (Phi) is 7.20. The molecule has 0 spiro atoms. The highest BCUT2D eigenvalue weighted by molar-refractivity contribution is 6.82. The first kappa shape index (κ1) is 17.7. The second kappa shape index (κ2) is 7.33. The molecule has 0 unspecified atom stereocenters. The first-order chi connectivity index (χ1) is 8.18. The summed E-state index contributed by atoms with van der Waals surface area (Å²) in [6.07, 6.45) is 2.42. The lowest BCUT2D eigenvalue weighted by molar-refractivity contribution is 0.0969. The van der Waals surface area contributed by atoms with E-state index in [9.17, 15) is 10.2 Å². The van der Waals surface area contributed by atoms with Crippen molar-refractivity contribution in [3.05, 3.63) is 0 Å². The monoisotopic (exact) mass is 270 g/mol. The molecule has 2 N–H and O–H groups in total. The van der Waals surface area contributed by atoms with Crippen molar-refractivity contribution in [2.24, 2.45) is 0 Å². The van der Waals surface area contributed by atoms with Crippen molar-refractivity contribution < 1.29 is 10.2 Å². The lowest BCUT2D eigenvalue weighted by Crippen LogP contribution is -2.47. The van der Waals surface area contributed by atoms with Gasteiger partial charge in [-0.05, 0) is 11.5 Å². The normalized spacial score (nSPS) is 15.8. The summed E-state index contributed by atoms with van der Waals surface area (Å²) in [4.78, 5) is 0. The van der Waals surface area contributed by atoms with Crippen LogP contribution in [0, 0.1) is 11.8 Å². The number of aliphatic hydroxyl groups excluding tert-OH is 2. The highest BCUT2D eigenvalue weighted by Crippen LogP contribution is 2.44. The third-order valence-corrected chi connectivity index (χ3v) is 10.1. The van der Waals surface area contributed by atoms with Crippen molar-refractivity contribution in [2.75, 3.05) is 6.61 Å². The van der Waals surface area contributed by atoms with Crippen LogP contribution in [0.3, 0.4) is 0 Å². The zero-order valence-electron chi connectivity index (χ0n) is 12.9. The molecule has 0 fully saturated rings. The van der Waals surface area contributed by atoms with Gasteiger partial charge in [-0.3, -0.25) is 0 Å². The summed E-state index contributed by atoms with van der Waals surface area (Å²) in [6, 6.07) is 0. The molecule has 0 saturated carbocycles. The fourth-order valence-corrected chi connectivity index (χ4v) is 4.24. The predicted molar refractivity (Wildman–Crippen MR) is 81.3 cm³/mol. The minimum Gasteiger partial charge on any atom is -0.394 e. The molecule has 0 aromatic heterocycles. The molecule has 0 aromatic rings. The van der Waals surface area contributed by atoms with Gasteiger partial charge in [0.25, 0.3) is 0 Å². The number of rotatable bonds is 5. The smallest absolute Gasteiger partial charge is 0.0882 e. The molecule has 0 amide bonds. The molecule has 2 atom stereocenters. The summed E-state index contributed by atoms with van der Waals surface area (Å²) < 4.78 is 0. The Morgan fingerprint density at radius 1 is 1.22 bits per heavy atom. The van der Waals surface area contributed by atoms with Crippen molar-refractivity contribution in [1.82, 2.24) is 0 Å². The van der Waals surface area contributed by atoms with Crippen molar-refractivity contribution in [3.63, 3.8) is 0 Å². The highest BCUT2D eigenvalue weighted by atomic mass is 28.3. The maximum Gasteiger partial charge on any atom is 0.0882 e. The molecule has 0 aliphatic heterocycles. The van der Waals surface area contributed by atoms with E-state index in [0.29, 0.717) is 0 Å². The SMILES string of the molecule is CCCCC#C[C@@H]([C@@H](O)CO)[Si](C)(C)C(C)(C)C. The zero-order valence-corrected chi connectivity index (χ0v) is 13.9. The van der Waals surface area contributed by atoms with Gasteiger partial charge in [0.05, 0.1) is 20.8 Å². The molecule has 0 aromatic carbocycles. The molecular formula is C15H30O2Si. The van der Waals surface area contributed by atoms with E-state index in [1.54, 1.807) is 0 Å². The van der Waals surface area contributed by atoms with Crippen LogP contribution < -0.4 is 0 Å². The van der Waals surface area contributed by atoms with Gasteiger partial charge in [-0.15, -0.1) is 11.8 Å². The largest absolute Gasteiger partial charge is 0.394 e. The first-order valence-electron chi connectivity index (χ1n) is 6.95. The van der Waals surface area contributed by atoms with Crippen LogP contribution in [-0.4, -0.2) is 31.0 Å². The third-order valence-electron chi connectivity index (χ3n) is 4.20. The van der Waals surface area contributed by atoms with Gasteiger partial charge < -0.3 is 10.2 Å². The fourth-order valence-electron chi connectivity index (χ4n) is 1.78. The lowest BCUT2D eigenvalue weighted by Gasteiger charge is -2.42. The highest BCUT2D eigenvalue weighted by Gasteiger charge is 2.44. The van der Waals surface area contributed by atoms with Crippen LogP contribution in [0.1, 0.15) is 47.0 Å². The summed E-state index contributed by atoms with van der Waals surface area (Å²) in [7, 11) is -1.76. The number of unbranched alkanes of at least 4 members (excludes halogenated alkanes) is 2. The molecule has 2 nitrogen and oxygen atoms in total. The van der Waals surface area contributed by atoms with E-state index in [1.807, 2.05) is 0 Å². The van der Waals surface area contributed by atoms with Gasteiger partial charge in [0.1, 0.15) is 0 Å². The molecule has 3 heteroatoms. The molecule has 18 heavy (non-hydrogen) atoms. The summed E-state index contributed by atoms with van der Waals surface area (Å²) in [5, 5.41) is 19.5. The lowest BCUT2D eigenvalue weighted by atomic mass is 10.2. The van der Waals surface area contributed by atoms with Gasteiger partial charge in [0.15, 0.2) is 0 Å². The molecule has 0 radical (unpaired) electrons. The Morgan fingerprint density at radius 3 is 2.17 bits per heavy atom. The van der Waals surface area contributed by atoms with Crippen LogP contribution >= 0.6 is 0 Å². The Morgan fingerprint density at radius 2 is 1.78 bits per heavy atom. The summed E-state index contributed by atoms with van der Waals surface area (Å²) in [5.41, 5.74) is -0.0562. The van der Waals surface area contributed by atoms with E-state index in [-0.39, 0.29) is 17.2 Å². The van der Waals surface area contributed by atoms with Gasteiger partial charge in [0, 0.05) is 12.0 Å². The fraction of sp³-hybridized carbons (Fsp3) is 0.867. The molecular weight excluding hydrogens is 240 g/mol. The van der Waals surface area contributed by atoms with E-state index >= 15 is 0 Å². The average Bonchev–Trinajstić information content (AvgIpc) is 2.26. The van der Waals surface area contributed by atoms with E-state index in [0.717, 1.165) is 19.3 Å². The first-order valence-corrected chi connectivity index (χ1v) is 10.0. The predicted octanol–water partition coefficient (Wildman–Crippen LogP) is 3.41. The van der Waals surface area contributed by atoms with E-state index < -0.39 is 14.2 Å². The van der Waals surface area contributed by atoms with Gasteiger partial charge in [-0.2, -0.15) is 0 Å². The summed E-state index contributed by atoms with van der Waals surface area (Å²) >= 11 is 0. The molecule has 106 valence electrons. The molecule has 0 saturated heterocycles. The van der Waals surface area contributed by atoms with Crippen LogP contribution in [-0.2, 0) is 0 Å². The van der Waals surface area contributed by atoms with E-state index in [1.165, 1.54) is 0 Å². The number of hydrogen-bond acceptors (Lipinski definition) is 2.